The van der Waals surface area contributed by atoms with E-state index in [9.17, 15) is 13.2 Å². The highest BCUT2D eigenvalue weighted by atomic mass is 35.5. The Hall–Kier alpha value is -1.90. The number of fused-ring (bicyclic) bond motifs is 1. The maximum Gasteiger partial charge on any atom is 0.264 e. The summed E-state index contributed by atoms with van der Waals surface area (Å²) in [6, 6.07) is 12.9. The summed E-state index contributed by atoms with van der Waals surface area (Å²) in [6.45, 7) is 0.408. The summed E-state index contributed by atoms with van der Waals surface area (Å²) in [5.74, 6) is 0.831. The van der Waals surface area contributed by atoms with Gasteiger partial charge >= 0.3 is 0 Å². The Labute approximate surface area is 192 Å². The highest BCUT2D eigenvalue weighted by molar-refractivity contribution is 7.99. The molecule has 2 aromatic carbocycles. The van der Waals surface area contributed by atoms with Gasteiger partial charge in [0.1, 0.15) is 5.75 Å². The molecule has 2 aliphatic rings. The molecule has 1 N–H and O–H groups in total. The standard InChI is InChI=1S/C22H25ClN2O4S2/c23-16-10-11-20-19(14-16)25(31(27,28)18-8-2-1-3-9-18)15-21(29-20)22(26)24-12-13-30-17-6-4-5-7-17/h1-3,8-11,14,17,21H,4-7,12-13,15H2,(H,24,26)/t21-/m0/s1. The van der Waals surface area contributed by atoms with Gasteiger partial charge in [-0.2, -0.15) is 11.8 Å². The summed E-state index contributed by atoms with van der Waals surface area (Å²) in [7, 11) is -3.88. The van der Waals surface area contributed by atoms with Crippen molar-refractivity contribution in [3.63, 3.8) is 0 Å². The molecular formula is C22H25ClN2O4S2. The summed E-state index contributed by atoms with van der Waals surface area (Å²) < 4.78 is 33.7. The van der Waals surface area contributed by atoms with Crippen LogP contribution in [0.15, 0.2) is 53.4 Å². The molecule has 1 aliphatic heterocycles. The molecule has 1 fully saturated rings. The highest BCUT2D eigenvalue weighted by Crippen LogP contribution is 2.38. The van der Waals surface area contributed by atoms with Gasteiger partial charge in [-0.05, 0) is 43.2 Å². The highest BCUT2D eigenvalue weighted by Gasteiger charge is 2.37. The number of hydrogen-bond acceptors (Lipinski definition) is 5. The molecule has 0 aromatic heterocycles. The zero-order valence-corrected chi connectivity index (χ0v) is 19.4. The molecule has 31 heavy (non-hydrogen) atoms. The van der Waals surface area contributed by atoms with Crippen LogP contribution >= 0.6 is 23.4 Å². The van der Waals surface area contributed by atoms with Crippen molar-refractivity contribution >= 4 is 45.0 Å². The van der Waals surface area contributed by atoms with Crippen LogP contribution in [-0.2, 0) is 14.8 Å². The number of amides is 1. The maximum absolute atomic E-state index is 13.3. The number of benzene rings is 2. The van der Waals surface area contributed by atoms with Crippen LogP contribution < -0.4 is 14.4 Å². The molecule has 0 radical (unpaired) electrons. The summed E-state index contributed by atoms with van der Waals surface area (Å²) in [6.07, 6.45) is 4.12. The number of carbonyl (C=O) groups is 1. The molecule has 2 aromatic rings. The number of nitrogens with one attached hydrogen (secondary N) is 1. The number of anilines is 1. The molecule has 9 heteroatoms. The van der Waals surface area contributed by atoms with Gasteiger partial charge in [0.15, 0.2) is 6.10 Å². The number of hydrogen-bond donors (Lipinski definition) is 1. The zero-order valence-electron chi connectivity index (χ0n) is 17.0. The first-order valence-electron chi connectivity index (χ1n) is 10.4. The molecule has 0 bridgehead atoms. The fourth-order valence-electron chi connectivity index (χ4n) is 3.88. The average Bonchev–Trinajstić information content (AvgIpc) is 3.30. The quantitative estimate of drug-likeness (QED) is 0.604. The molecule has 1 amide bonds. The van der Waals surface area contributed by atoms with Gasteiger partial charge in [-0.25, -0.2) is 8.42 Å². The molecule has 0 saturated heterocycles. The van der Waals surface area contributed by atoms with Crippen LogP contribution in [0.4, 0.5) is 5.69 Å². The van der Waals surface area contributed by atoms with Gasteiger partial charge in [0.2, 0.25) is 0 Å². The van der Waals surface area contributed by atoms with Gasteiger partial charge in [0, 0.05) is 22.6 Å². The van der Waals surface area contributed by atoms with E-state index in [0.717, 1.165) is 5.75 Å². The van der Waals surface area contributed by atoms with Crippen LogP contribution in [0.5, 0.6) is 5.75 Å². The van der Waals surface area contributed by atoms with E-state index in [1.807, 2.05) is 11.8 Å². The number of nitrogens with zero attached hydrogens (tertiary/aromatic N) is 1. The van der Waals surface area contributed by atoms with Gasteiger partial charge in [0.25, 0.3) is 15.9 Å². The van der Waals surface area contributed by atoms with Crippen LogP contribution in [0.25, 0.3) is 0 Å². The van der Waals surface area contributed by atoms with Gasteiger partial charge in [-0.1, -0.05) is 42.6 Å². The van der Waals surface area contributed by atoms with Gasteiger partial charge in [-0.15, -0.1) is 0 Å². The molecule has 1 saturated carbocycles. The van der Waals surface area contributed by atoms with E-state index in [2.05, 4.69) is 5.32 Å². The molecule has 0 unspecified atom stereocenters. The van der Waals surface area contributed by atoms with Gasteiger partial charge in [0.05, 0.1) is 17.1 Å². The van der Waals surface area contributed by atoms with Crippen molar-refractivity contribution in [3.05, 3.63) is 53.6 Å². The Kier molecular flexibility index (Phi) is 6.99. The zero-order chi connectivity index (χ0) is 21.8. The van der Waals surface area contributed by atoms with Crippen LogP contribution in [0.1, 0.15) is 25.7 Å². The lowest BCUT2D eigenvalue weighted by molar-refractivity contribution is -0.127. The average molecular weight is 481 g/mol. The minimum Gasteiger partial charge on any atom is -0.476 e. The Morgan fingerprint density at radius 1 is 1.16 bits per heavy atom. The SMILES string of the molecule is O=C(NCCSC1CCCC1)[C@@H]1CN(S(=O)(=O)c2ccccc2)c2cc(Cl)ccc2O1. The molecule has 1 aliphatic carbocycles. The van der Waals surface area contributed by atoms with Crippen molar-refractivity contribution in [1.29, 1.82) is 0 Å². The Bertz CT molecular complexity index is 1030. The smallest absolute Gasteiger partial charge is 0.264 e. The largest absolute Gasteiger partial charge is 0.476 e. The number of carbonyl (C=O) groups excluding carboxylic acids is 1. The van der Waals surface area contributed by atoms with Crippen LogP contribution in [-0.4, -0.2) is 44.5 Å². The Balaban J connectivity index is 1.49. The number of rotatable bonds is 7. The number of halogens is 1. The van der Waals surface area contributed by atoms with E-state index in [1.54, 1.807) is 36.4 Å². The third kappa shape index (κ3) is 5.13. The van der Waals surface area contributed by atoms with E-state index >= 15 is 0 Å². The summed E-state index contributed by atoms with van der Waals surface area (Å²) >= 11 is 8.01. The number of sulfonamides is 1. The van der Waals surface area contributed by atoms with Crippen molar-refractivity contribution in [2.24, 2.45) is 0 Å². The molecular weight excluding hydrogens is 456 g/mol. The first-order valence-corrected chi connectivity index (χ1v) is 13.2. The van der Waals surface area contributed by atoms with Crippen LogP contribution in [0.3, 0.4) is 0 Å². The molecule has 1 atom stereocenters. The summed E-state index contributed by atoms with van der Waals surface area (Å²) in [4.78, 5) is 12.9. The van der Waals surface area contributed by atoms with Crippen LogP contribution in [0, 0.1) is 0 Å². The molecule has 4 rings (SSSR count). The normalized spacial score (nSPS) is 19.0. The van der Waals surface area contributed by atoms with Crippen molar-refractivity contribution < 1.29 is 17.9 Å². The third-order valence-corrected chi connectivity index (χ3v) is 8.88. The van der Waals surface area contributed by atoms with E-state index in [0.29, 0.717) is 28.3 Å². The lowest BCUT2D eigenvalue weighted by atomic mass is 10.2. The fourth-order valence-corrected chi connectivity index (χ4v) is 6.75. The van der Waals surface area contributed by atoms with Crippen molar-refractivity contribution in [3.8, 4) is 5.75 Å². The van der Waals surface area contributed by atoms with Crippen molar-refractivity contribution in [1.82, 2.24) is 5.32 Å². The predicted molar refractivity (Wildman–Crippen MR) is 125 cm³/mol. The third-order valence-electron chi connectivity index (χ3n) is 5.47. The monoisotopic (exact) mass is 480 g/mol. The molecule has 0 spiro atoms. The Morgan fingerprint density at radius 3 is 2.65 bits per heavy atom. The summed E-state index contributed by atoms with van der Waals surface area (Å²) in [5, 5.41) is 3.98. The minimum absolute atomic E-state index is 0.119. The molecule has 166 valence electrons. The number of ether oxygens (including phenoxy) is 1. The van der Waals surface area contributed by atoms with Gasteiger partial charge in [-0.3, -0.25) is 9.10 Å². The van der Waals surface area contributed by atoms with E-state index < -0.39 is 16.1 Å². The maximum atomic E-state index is 13.3. The van der Waals surface area contributed by atoms with E-state index in [4.69, 9.17) is 16.3 Å². The van der Waals surface area contributed by atoms with Crippen LogP contribution in [0.2, 0.25) is 5.02 Å². The number of thioether (sulfide) groups is 1. The van der Waals surface area contributed by atoms with E-state index in [1.165, 1.54) is 42.1 Å². The summed E-state index contributed by atoms with van der Waals surface area (Å²) in [5.41, 5.74) is 0.331. The van der Waals surface area contributed by atoms with Gasteiger partial charge < -0.3 is 10.1 Å². The lowest BCUT2D eigenvalue weighted by Crippen LogP contribution is -2.51. The first-order chi connectivity index (χ1) is 14.9. The lowest BCUT2D eigenvalue weighted by Gasteiger charge is -2.34. The predicted octanol–water partition coefficient (Wildman–Crippen LogP) is 4.09. The topological polar surface area (TPSA) is 75.7 Å². The van der Waals surface area contributed by atoms with E-state index in [-0.39, 0.29) is 17.3 Å². The molecule has 1 heterocycles. The first kappa shape index (κ1) is 22.3. The molecule has 6 nitrogen and oxygen atoms in total. The Morgan fingerprint density at radius 2 is 1.90 bits per heavy atom. The fraction of sp³-hybridized carbons (Fsp3) is 0.409. The second kappa shape index (κ2) is 9.71. The second-order valence-corrected chi connectivity index (χ2v) is 11.3. The van der Waals surface area contributed by atoms with Crippen molar-refractivity contribution in [2.75, 3.05) is 23.1 Å². The minimum atomic E-state index is -3.88. The van der Waals surface area contributed by atoms with Crippen molar-refractivity contribution in [2.45, 2.75) is 41.9 Å². The second-order valence-electron chi connectivity index (χ2n) is 7.64.